The zero-order valence-electron chi connectivity index (χ0n) is 11.2. The van der Waals surface area contributed by atoms with Gasteiger partial charge in [0, 0.05) is 25.3 Å². The molecule has 1 aromatic rings. The van der Waals surface area contributed by atoms with Crippen LogP contribution in [0.3, 0.4) is 0 Å². The smallest absolute Gasteiger partial charge is 0.252 e. The quantitative estimate of drug-likeness (QED) is 0.811. The standard InChI is InChI=1S/C13H19N3OS/c1-13(2,12(14)18)15-11(17)9-6-5-7-10(8-9)16(3)4/h5-8H,1-4H3,(H2,14,18)(H,15,17). The summed E-state index contributed by atoms with van der Waals surface area (Å²) in [4.78, 5) is 14.3. The number of carbonyl (C=O) groups excluding carboxylic acids is 1. The van der Waals surface area contributed by atoms with Gasteiger partial charge in [-0.05, 0) is 32.0 Å². The van der Waals surface area contributed by atoms with Crippen molar-refractivity contribution in [2.75, 3.05) is 19.0 Å². The van der Waals surface area contributed by atoms with Crippen LogP contribution in [0.1, 0.15) is 24.2 Å². The second-order valence-corrected chi connectivity index (χ2v) is 5.33. The van der Waals surface area contributed by atoms with E-state index >= 15 is 0 Å². The number of benzene rings is 1. The molecule has 18 heavy (non-hydrogen) atoms. The summed E-state index contributed by atoms with van der Waals surface area (Å²) in [7, 11) is 3.85. The van der Waals surface area contributed by atoms with E-state index in [0.717, 1.165) is 5.69 Å². The molecule has 0 saturated carbocycles. The summed E-state index contributed by atoms with van der Waals surface area (Å²) in [5, 5.41) is 2.81. The zero-order chi connectivity index (χ0) is 13.9. The number of thiocarbonyl (C=S) groups is 1. The fourth-order valence-corrected chi connectivity index (χ4v) is 1.39. The Morgan fingerprint density at radius 2 is 2.00 bits per heavy atom. The van der Waals surface area contributed by atoms with Crippen molar-refractivity contribution in [1.29, 1.82) is 0 Å². The first-order chi connectivity index (χ1) is 8.24. The molecule has 4 nitrogen and oxygen atoms in total. The highest BCUT2D eigenvalue weighted by molar-refractivity contribution is 7.80. The third kappa shape index (κ3) is 3.43. The zero-order valence-corrected chi connectivity index (χ0v) is 12.0. The highest BCUT2D eigenvalue weighted by Gasteiger charge is 2.24. The number of hydrogen-bond donors (Lipinski definition) is 2. The lowest BCUT2D eigenvalue weighted by Gasteiger charge is -2.25. The van der Waals surface area contributed by atoms with Gasteiger partial charge in [0.15, 0.2) is 0 Å². The number of hydrogen-bond acceptors (Lipinski definition) is 3. The van der Waals surface area contributed by atoms with Crippen LogP contribution < -0.4 is 16.0 Å². The molecule has 5 heteroatoms. The summed E-state index contributed by atoms with van der Waals surface area (Å²) in [6, 6.07) is 7.37. The Labute approximate surface area is 113 Å². The summed E-state index contributed by atoms with van der Waals surface area (Å²) >= 11 is 4.92. The van der Waals surface area contributed by atoms with Crippen molar-refractivity contribution in [3.05, 3.63) is 29.8 Å². The topological polar surface area (TPSA) is 58.4 Å². The van der Waals surface area contributed by atoms with E-state index < -0.39 is 5.54 Å². The Bertz CT molecular complexity index is 469. The average Bonchev–Trinajstić information content (AvgIpc) is 2.28. The highest BCUT2D eigenvalue weighted by atomic mass is 32.1. The molecule has 0 heterocycles. The Kier molecular flexibility index (Phi) is 4.29. The van der Waals surface area contributed by atoms with E-state index in [2.05, 4.69) is 5.32 Å². The Balaban J connectivity index is 2.91. The van der Waals surface area contributed by atoms with Crippen molar-refractivity contribution in [3.8, 4) is 0 Å². The molecular weight excluding hydrogens is 246 g/mol. The van der Waals surface area contributed by atoms with E-state index in [0.29, 0.717) is 5.56 Å². The molecule has 0 fully saturated rings. The van der Waals surface area contributed by atoms with E-state index in [1.807, 2.05) is 37.2 Å². The second-order valence-electron chi connectivity index (χ2n) is 4.89. The lowest BCUT2D eigenvalue weighted by Crippen LogP contribution is -2.52. The van der Waals surface area contributed by atoms with Crippen LogP contribution in [-0.2, 0) is 0 Å². The number of rotatable bonds is 4. The van der Waals surface area contributed by atoms with Gasteiger partial charge in [-0.15, -0.1) is 0 Å². The molecule has 0 aliphatic rings. The maximum Gasteiger partial charge on any atom is 0.252 e. The van der Waals surface area contributed by atoms with E-state index in [-0.39, 0.29) is 10.9 Å². The summed E-state index contributed by atoms with van der Waals surface area (Å²) in [5.41, 5.74) is 6.45. The molecule has 98 valence electrons. The summed E-state index contributed by atoms with van der Waals surface area (Å²) < 4.78 is 0. The first-order valence-corrected chi connectivity index (χ1v) is 6.04. The normalized spacial score (nSPS) is 10.9. The van der Waals surface area contributed by atoms with Crippen molar-refractivity contribution in [3.63, 3.8) is 0 Å². The lowest BCUT2D eigenvalue weighted by atomic mass is 10.0. The van der Waals surface area contributed by atoms with Gasteiger partial charge >= 0.3 is 0 Å². The maximum atomic E-state index is 12.1. The van der Waals surface area contributed by atoms with E-state index in [4.69, 9.17) is 18.0 Å². The third-order valence-corrected chi connectivity index (χ3v) is 3.18. The minimum atomic E-state index is -0.694. The first kappa shape index (κ1) is 14.4. The van der Waals surface area contributed by atoms with Gasteiger partial charge in [0.1, 0.15) is 0 Å². The van der Waals surface area contributed by atoms with E-state index in [1.54, 1.807) is 19.9 Å². The summed E-state index contributed by atoms with van der Waals surface area (Å²) in [6.45, 7) is 3.56. The van der Waals surface area contributed by atoms with Crippen LogP contribution >= 0.6 is 12.2 Å². The van der Waals surface area contributed by atoms with Crippen molar-refractivity contribution < 1.29 is 4.79 Å². The van der Waals surface area contributed by atoms with Gasteiger partial charge in [0.05, 0.1) is 10.5 Å². The number of nitrogens with two attached hydrogens (primary N) is 1. The largest absolute Gasteiger partial charge is 0.391 e. The van der Waals surface area contributed by atoms with Crippen molar-refractivity contribution in [2.45, 2.75) is 19.4 Å². The summed E-state index contributed by atoms with van der Waals surface area (Å²) in [5.74, 6) is -0.184. The Morgan fingerprint density at radius 1 is 1.39 bits per heavy atom. The molecule has 1 aromatic carbocycles. The van der Waals surface area contributed by atoms with Crippen LogP contribution in [0.5, 0.6) is 0 Å². The molecule has 0 spiro atoms. The first-order valence-electron chi connectivity index (χ1n) is 5.64. The lowest BCUT2D eigenvalue weighted by molar-refractivity contribution is 0.0932. The number of carbonyl (C=O) groups is 1. The molecule has 0 aliphatic heterocycles. The van der Waals surface area contributed by atoms with Gasteiger partial charge in [-0.3, -0.25) is 4.79 Å². The molecule has 1 amide bonds. The van der Waals surface area contributed by atoms with Crippen LogP contribution in [0, 0.1) is 0 Å². The fourth-order valence-electron chi connectivity index (χ4n) is 1.34. The predicted octanol–water partition coefficient (Wildman–Crippen LogP) is 1.55. The van der Waals surface area contributed by atoms with Crippen molar-refractivity contribution >= 4 is 28.8 Å². The van der Waals surface area contributed by atoms with Crippen LogP contribution in [0.15, 0.2) is 24.3 Å². The summed E-state index contributed by atoms with van der Waals surface area (Å²) in [6.07, 6.45) is 0. The molecule has 0 atom stereocenters. The number of nitrogens with one attached hydrogen (secondary N) is 1. The molecule has 0 radical (unpaired) electrons. The predicted molar refractivity (Wildman–Crippen MR) is 79.1 cm³/mol. The molecule has 1 rings (SSSR count). The molecule has 0 aromatic heterocycles. The van der Waals surface area contributed by atoms with Gasteiger partial charge in [-0.2, -0.15) is 0 Å². The molecule has 3 N–H and O–H groups in total. The average molecular weight is 265 g/mol. The van der Waals surface area contributed by atoms with E-state index in [1.165, 1.54) is 0 Å². The maximum absolute atomic E-state index is 12.1. The molecule has 0 bridgehead atoms. The van der Waals surface area contributed by atoms with E-state index in [9.17, 15) is 4.79 Å². The number of amides is 1. The monoisotopic (exact) mass is 265 g/mol. The molecule has 0 saturated heterocycles. The third-order valence-electron chi connectivity index (χ3n) is 2.67. The molecule has 0 unspecified atom stereocenters. The minimum Gasteiger partial charge on any atom is -0.391 e. The van der Waals surface area contributed by atoms with Crippen molar-refractivity contribution in [1.82, 2.24) is 5.32 Å². The van der Waals surface area contributed by atoms with Crippen LogP contribution in [-0.4, -0.2) is 30.5 Å². The second kappa shape index (κ2) is 5.35. The van der Waals surface area contributed by atoms with Gasteiger partial charge < -0.3 is 16.0 Å². The molecule has 0 aliphatic carbocycles. The van der Waals surface area contributed by atoms with Crippen LogP contribution in [0.2, 0.25) is 0 Å². The van der Waals surface area contributed by atoms with Crippen LogP contribution in [0.4, 0.5) is 5.69 Å². The van der Waals surface area contributed by atoms with Gasteiger partial charge in [-0.25, -0.2) is 0 Å². The van der Waals surface area contributed by atoms with Crippen molar-refractivity contribution in [2.24, 2.45) is 5.73 Å². The highest BCUT2D eigenvalue weighted by Crippen LogP contribution is 2.14. The van der Waals surface area contributed by atoms with Gasteiger partial charge in [0.2, 0.25) is 0 Å². The fraction of sp³-hybridized carbons (Fsp3) is 0.385. The van der Waals surface area contributed by atoms with Crippen LogP contribution in [0.25, 0.3) is 0 Å². The minimum absolute atomic E-state index is 0.184. The number of anilines is 1. The molecular formula is C13H19N3OS. The Hall–Kier alpha value is -1.62. The van der Waals surface area contributed by atoms with Gasteiger partial charge in [-0.1, -0.05) is 18.3 Å². The van der Waals surface area contributed by atoms with Gasteiger partial charge in [0.25, 0.3) is 5.91 Å². The SMILES string of the molecule is CN(C)c1cccc(C(=O)NC(C)(C)C(N)=S)c1. The Morgan fingerprint density at radius 3 is 2.50 bits per heavy atom. The number of nitrogens with zero attached hydrogens (tertiary/aromatic N) is 1.